The third-order valence-electron chi connectivity index (χ3n) is 3.96. The number of amides is 1. The summed E-state index contributed by atoms with van der Waals surface area (Å²) in [6.45, 7) is 0. The van der Waals surface area contributed by atoms with E-state index < -0.39 is 5.91 Å². The van der Waals surface area contributed by atoms with Crippen LogP contribution >= 0.6 is 11.6 Å². The molecule has 4 rings (SSSR count). The van der Waals surface area contributed by atoms with Crippen molar-refractivity contribution in [3.8, 4) is 5.69 Å². The van der Waals surface area contributed by atoms with Crippen molar-refractivity contribution >= 4 is 34.7 Å². The molecule has 0 aliphatic heterocycles. The summed E-state index contributed by atoms with van der Waals surface area (Å²) in [7, 11) is 0. The molecule has 7 heteroatoms. The Morgan fingerprint density at radius 3 is 2.85 bits per heavy atom. The highest BCUT2D eigenvalue weighted by Crippen LogP contribution is 2.23. The summed E-state index contributed by atoms with van der Waals surface area (Å²) in [5.41, 5.74) is 3.96. The molecule has 0 radical (unpaired) electrons. The van der Waals surface area contributed by atoms with Gasteiger partial charge in [0.2, 0.25) is 0 Å². The number of hydrazone groups is 1. The quantitative estimate of drug-likeness (QED) is 0.408. The van der Waals surface area contributed by atoms with Gasteiger partial charge >= 0.3 is 5.91 Å². The van der Waals surface area contributed by atoms with E-state index in [-0.39, 0.29) is 11.6 Å². The van der Waals surface area contributed by atoms with Gasteiger partial charge in [-0.3, -0.25) is 4.79 Å². The number of para-hydroxylation sites is 1. The molecule has 4 aromatic rings. The van der Waals surface area contributed by atoms with E-state index in [9.17, 15) is 9.18 Å². The summed E-state index contributed by atoms with van der Waals surface area (Å²) in [5.74, 6) is -0.732. The molecule has 0 saturated carbocycles. The fourth-order valence-corrected chi connectivity index (χ4v) is 2.88. The number of carbonyl (C=O) groups excluding carboxylic acids is 1. The predicted octanol–water partition coefficient (Wildman–Crippen LogP) is 4.78. The van der Waals surface area contributed by atoms with Crippen LogP contribution in [0.15, 0.2) is 76.4 Å². The first-order chi connectivity index (χ1) is 13.1. The molecule has 0 fully saturated rings. The third kappa shape index (κ3) is 3.47. The van der Waals surface area contributed by atoms with Gasteiger partial charge in [-0.15, -0.1) is 0 Å². The molecule has 27 heavy (non-hydrogen) atoms. The van der Waals surface area contributed by atoms with Gasteiger partial charge in [0.05, 0.1) is 17.6 Å². The average Bonchev–Trinajstić information content (AvgIpc) is 3.28. The zero-order valence-corrected chi connectivity index (χ0v) is 14.7. The van der Waals surface area contributed by atoms with Crippen LogP contribution in [0.3, 0.4) is 0 Å². The number of aromatic nitrogens is 1. The van der Waals surface area contributed by atoms with E-state index in [1.807, 2.05) is 0 Å². The van der Waals surface area contributed by atoms with Crippen molar-refractivity contribution in [2.45, 2.75) is 0 Å². The van der Waals surface area contributed by atoms with E-state index in [2.05, 4.69) is 10.5 Å². The van der Waals surface area contributed by atoms with Gasteiger partial charge in [0.1, 0.15) is 11.4 Å². The van der Waals surface area contributed by atoms with Gasteiger partial charge in [-0.2, -0.15) is 5.10 Å². The highest BCUT2D eigenvalue weighted by molar-refractivity contribution is 6.31. The van der Waals surface area contributed by atoms with Crippen molar-refractivity contribution in [1.82, 2.24) is 9.99 Å². The van der Waals surface area contributed by atoms with E-state index in [1.165, 1.54) is 12.3 Å². The molecule has 134 valence electrons. The fourth-order valence-electron chi connectivity index (χ4n) is 2.70. The van der Waals surface area contributed by atoms with Gasteiger partial charge in [0.15, 0.2) is 5.76 Å². The SMILES string of the molecule is O=C(N/N=C\c1cccn1-c1ccccc1F)c1cc2cc(Cl)ccc2o1. The Morgan fingerprint density at radius 1 is 1.15 bits per heavy atom. The van der Waals surface area contributed by atoms with E-state index >= 15 is 0 Å². The van der Waals surface area contributed by atoms with Gasteiger partial charge in [-0.25, -0.2) is 9.82 Å². The van der Waals surface area contributed by atoms with E-state index in [0.29, 0.717) is 22.0 Å². The van der Waals surface area contributed by atoms with Crippen molar-refractivity contribution in [2.75, 3.05) is 0 Å². The maximum absolute atomic E-state index is 14.0. The Morgan fingerprint density at radius 2 is 2.00 bits per heavy atom. The molecule has 0 aliphatic carbocycles. The number of furan rings is 1. The maximum Gasteiger partial charge on any atom is 0.307 e. The first-order valence-electron chi connectivity index (χ1n) is 8.06. The molecule has 5 nitrogen and oxygen atoms in total. The molecule has 2 aromatic heterocycles. The molecule has 0 unspecified atom stereocenters. The lowest BCUT2D eigenvalue weighted by atomic mass is 10.2. The lowest BCUT2D eigenvalue weighted by Gasteiger charge is -2.07. The number of rotatable bonds is 4. The molecule has 0 atom stereocenters. The van der Waals surface area contributed by atoms with Crippen LogP contribution in [0.4, 0.5) is 4.39 Å². The Bertz CT molecular complexity index is 1160. The zero-order valence-electron chi connectivity index (χ0n) is 13.9. The second-order valence-corrected chi connectivity index (χ2v) is 6.18. The first-order valence-corrected chi connectivity index (χ1v) is 8.44. The molecule has 2 aromatic carbocycles. The Kier molecular flexibility index (Phi) is 4.48. The van der Waals surface area contributed by atoms with Crippen LogP contribution in [-0.4, -0.2) is 16.7 Å². The van der Waals surface area contributed by atoms with Gasteiger partial charge < -0.3 is 8.98 Å². The minimum absolute atomic E-state index is 0.119. The molecular weight excluding hydrogens is 369 g/mol. The highest BCUT2D eigenvalue weighted by atomic mass is 35.5. The number of fused-ring (bicyclic) bond motifs is 1. The summed E-state index contributed by atoms with van der Waals surface area (Å²) in [6.07, 6.45) is 3.15. The van der Waals surface area contributed by atoms with Gasteiger partial charge in [-0.1, -0.05) is 23.7 Å². The molecule has 0 aliphatic rings. The van der Waals surface area contributed by atoms with Gasteiger partial charge in [0, 0.05) is 16.6 Å². The molecular formula is C20H13ClFN3O2. The lowest BCUT2D eigenvalue weighted by Crippen LogP contribution is -2.17. The fraction of sp³-hybridized carbons (Fsp3) is 0. The van der Waals surface area contributed by atoms with Crippen LogP contribution in [0.25, 0.3) is 16.7 Å². The Balaban J connectivity index is 1.52. The van der Waals surface area contributed by atoms with Crippen molar-refractivity contribution in [1.29, 1.82) is 0 Å². The number of nitrogens with one attached hydrogen (secondary N) is 1. The van der Waals surface area contributed by atoms with Crippen LogP contribution < -0.4 is 5.43 Å². The van der Waals surface area contributed by atoms with Crippen molar-refractivity contribution in [2.24, 2.45) is 5.10 Å². The number of hydrogen-bond acceptors (Lipinski definition) is 3. The van der Waals surface area contributed by atoms with Crippen molar-refractivity contribution in [3.05, 3.63) is 89.2 Å². The van der Waals surface area contributed by atoms with Gasteiger partial charge in [0.25, 0.3) is 0 Å². The Hall–Kier alpha value is -3.38. The third-order valence-corrected chi connectivity index (χ3v) is 4.19. The summed E-state index contributed by atoms with van der Waals surface area (Å²) in [4.78, 5) is 12.2. The van der Waals surface area contributed by atoms with Crippen LogP contribution in [-0.2, 0) is 0 Å². The zero-order chi connectivity index (χ0) is 18.8. The monoisotopic (exact) mass is 381 g/mol. The first kappa shape index (κ1) is 17.1. The molecule has 0 saturated heterocycles. The average molecular weight is 382 g/mol. The minimum Gasteiger partial charge on any atom is -0.451 e. The van der Waals surface area contributed by atoms with E-state index in [1.54, 1.807) is 65.4 Å². The number of benzene rings is 2. The molecule has 2 heterocycles. The second kappa shape index (κ2) is 7.09. The molecule has 0 bridgehead atoms. The maximum atomic E-state index is 14.0. The van der Waals surface area contributed by atoms with Crippen LogP contribution in [0.5, 0.6) is 0 Å². The number of carbonyl (C=O) groups is 1. The highest BCUT2D eigenvalue weighted by Gasteiger charge is 2.12. The largest absolute Gasteiger partial charge is 0.451 e. The number of hydrogen-bond donors (Lipinski definition) is 1. The lowest BCUT2D eigenvalue weighted by molar-refractivity contribution is 0.0929. The minimum atomic E-state index is -0.498. The van der Waals surface area contributed by atoms with Crippen molar-refractivity contribution < 1.29 is 13.6 Å². The Labute approximate surface area is 158 Å². The van der Waals surface area contributed by atoms with Gasteiger partial charge in [-0.05, 0) is 48.5 Å². The van der Waals surface area contributed by atoms with Crippen LogP contribution in [0.2, 0.25) is 5.02 Å². The summed E-state index contributed by atoms with van der Waals surface area (Å²) in [6, 6.07) is 16.6. The predicted molar refractivity (Wildman–Crippen MR) is 102 cm³/mol. The van der Waals surface area contributed by atoms with Crippen LogP contribution in [0, 0.1) is 5.82 Å². The molecule has 1 amide bonds. The van der Waals surface area contributed by atoms with E-state index in [4.69, 9.17) is 16.0 Å². The standard InChI is InChI=1S/C20H13ClFN3O2/c21-14-7-8-18-13(10-14)11-19(27-18)20(26)24-23-12-15-4-3-9-25(15)17-6-2-1-5-16(17)22/h1-12H,(H,24,26)/b23-12-. The summed E-state index contributed by atoms with van der Waals surface area (Å²) < 4.78 is 21.1. The normalized spacial score (nSPS) is 11.3. The number of nitrogens with zero attached hydrogens (tertiary/aromatic N) is 2. The molecule has 0 spiro atoms. The topological polar surface area (TPSA) is 59.5 Å². The number of halogens is 2. The smallest absolute Gasteiger partial charge is 0.307 e. The molecule has 1 N–H and O–H groups in total. The second-order valence-electron chi connectivity index (χ2n) is 5.75. The summed E-state index contributed by atoms with van der Waals surface area (Å²) in [5, 5.41) is 5.22. The van der Waals surface area contributed by atoms with Crippen LogP contribution in [0.1, 0.15) is 16.2 Å². The summed E-state index contributed by atoms with van der Waals surface area (Å²) >= 11 is 5.93. The van der Waals surface area contributed by atoms with Crippen molar-refractivity contribution in [3.63, 3.8) is 0 Å². The van der Waals surface area contributed by atoms with E-state index in [0.717, 1.165) is 5.39 Å².